The summed E-state index contributed by atoms with van der Waals surface area (Å²) in [4.78, 5) is 22.6. The number of ketones is 1. The van der Waals surface area contributed by atoms with E-state index >= 15 is 0 Å². The number of amidine groups is 1. The lowest BCUT2D eigenvalue weighted by atomic mass is 9.84. The van der Waals surface area contributed by atoms with Gasteiger partial charge in [0.2, 0.25) is 11.6 Å². The van der Waals surface area contributed by atoms with E-state index in [1.165, 1.54) is 0 Å². The van der Waals surface area contributed by atoms with Gasteiger partial charge in [0, 0.05) is 6.42 Å². The van der Waals surface area contributed by atoms with Gasteiger partial charge in [0.15, 0.2) is 0 Å². The molecule has 2 N–H and O–H groups in total. The van der Waals surface area contributed by atoms with Crippen LogP contribution in [0.5, 0.6) is 0 Å². The number of Topliss-reactive ketones (excluding diaryl/α,β-unsaturated/α-hetero) is 1. The third kappa shape index (κ3) is 5.33. The summed E-state index contributed by atoms with van der Waals surface area (Å²) >= 11 is 0. The number of nitrogens with one attached hydrogen (secondary N) is 2. The SMILES string of the molecule is CCOC(=O)CC(C)(C)CC(=O)C(=N)N=N. The summed E-state index contributed by atoms with van der Waals surface area (Å²) in [7, 11) is 0. The van der Waals surface area contributed by atoms with Gasteiger partial charge in [-0.25, -0.2) is 5.53 Å². The zero-order valence-electron chi connectivity index (χ0n) is 9.79. The first-order chi connectivity index (χ1) is 7.32. The number of hydrogen-bond acceptors (Lipinski definition) is 5. The van der Waals surface area contributed by atoms with E-state index in [4.69, 9.17) is 15.7 Å². The number of esters is 1. The number of carbonyl (C=O) groups is 2. The summed E-state index contributed by atoms with van der Waals surface area (Å²) in [5, 5.41) is 9.82. The molecule has 0 fully saturated rings. The van der Waals surface area contributed by atoms with Crippen LogP contribution in [-0.2, 0) is 14.3 Å². The summed E-state index contributed by atoms with van der Waals surface area (Å²) in [5.74, 6) is -1.49. The topological polar surface area (TPSA) is 103 Å². The Hall–Kier alpha value is -1.59. The number of nitrogens with zero attached hydrogens (tertiary/aromatic N) is 1. The summed E-state index contributed by atoms with van der Waals surface area (Å²) in [6, 6.07) is 0. The molecule has 0 saturated carbocycles. The minimum Gasteiger partial charge on any atom is -0.466 e. The largest absolute Gasteiger partial charge is 0.466 e. The molecule has 0 unspecified atom stereocenters. The van der Waals surface area contributed by atoms with E-state index < -0.39 is 17.0 Å². The lowest BCUT2D eigenvalue weighted by molar-refractivity contribution is -0.145. The van der Waals surface area contributed by atoms with E-state index in [1.54, 1.807) is 20.8 Å². The highest BCUT2D eigenvalue weighted by Gasteiger charge is 2.27. The Labute approximate surface area is 94.4 Å². The molecule has 90 valence electrons. The highest BCUT2D eigenvalue weighted by atomic mass is 16.5. The highest BCUT2D eigenvalue weighted by Crippen LogP contribution is 2.26. The third-order valence-electron chi connectivity index (χ3n) is 1.94. The molecule has 0 aromatic rings. The van der Waals surface area contributed by atoms with Crippen molar-refractivity contribution in [2.45, 2.75) is 33.6 Å². The van der Waals surface area contributed by atoms with Crippen LogP contribution in [0.15, 0.2) is 5.11 Å². The van der Waals surface area contributed by atoms with Gasteiger partial charge in [-0.3, -0.25) is 15.0 Å². The zero-order valence-corrected chi connectivity index (χ0v) is 9.79. The number of rotatable bonds is 6. The van der Waals surface area contributed by atoms with Crippen LogP contribution in [0.4, 0.5) is 0 Å². The fourth-order valence-electron chi connectivity index (χ4n) is 1.25. The molecule has 6 nitrogen and oxygen atoms in total. The molecule has 6 heteroatoms. The predicted octanol–water partition coefficient (Wildman–Crippen LogP) is 1.93. The normalized spacial score (nSPS) is 10.7. The van der Waals surface area contributed by atoms with Gasteiger partial charge in [-0.15, -0.1) is 5.11 Å². The Bertz CT molecular complexity index is 310. The molecular formula is C10H17N3O3. The van der Waals surface area contributed by atoms with Crippen molar-refractivity contribution in [1.82, 2.24) is 0 Å². The van der Waals surface area contributed by atoms with Crippen LogP contribution in [0, 0.1) is 16.4 Å². The van der Waals surface area contributed by atoms with Crippen molar-refractivity contribution < 1.29 is 14.3 Å². The number of hydrogen-bond donors (Lipinski definition) is 2. The fraction of sp³-hybridized carbons (Fsp3) is 0.700. The van der Waals surface area contributed by atoms with E-state index in [0.717, 1.165) is 0 Å². The van der Waals surface area contributed by atoms with Crippen LogP contribution in [-0.4, -0.2) is 24.2 Å². The molecule has 0 radical (unpaired) electrons. The maximum Gasteiger partial charge on any atom is 0.306 e. The second kappa shape index (κ2) is 6.09. The van der Waals surface area contributed by atoms with Crippen LogP contribution in [0.3, 0.4) is 0 Å². The van der Waals surface area contributed by atoms with Crippen molar-refractivity contribution in [3.63, 3.8) is 0 Å². The smallest absolute Gasteiger partial charge is 0.306 e. The van der Waals surface area contributed by atoms with Crippen molar-refractivity contribution in [2.24, 2.45) is 10.5 Å². The van der Waals surface area contributed by atoms with E-state index in [9.17, 15) is 9.59 Å². The Morgan fingerprint density at radius 2 is 1.88 bits per heavy atom. The average molecular weight is 227 g/mol. The monoisotopic (exact) mass is 227 g/mol. The van der Waals surface area contributed by atoms with Gasteiger partial charge in [-0.05, 0) is 12.3 Å². The lowest BCUT2D eigenvalue weighted by Crippen LogP contribution is -2.25. The summed E-state index contributed by atoms with van der Waals surface area (Å²) in [5.41, 5.74) is 5.96. The van der Waals surface area contributed by atoms with Gasteiger partial charge in [0.05, 0.1) is 13.0 Å². The molecule has 0 spiro atoms. The van der Waals surface area contributed by atoms with E-state index in [2.05, 4.69) is 5.11 Å². The molecule has 0 aliphatic heterocycles. The van der Waals surface area contributed by atoms with Gasteiger partial charge in [-0.1, -0.05) is 13.8 Å². The average Bonchev–Trinajstić information content (AvgIpc) is 2.14. The molecule has 0 bridgehead atoms. The van der Waals surface area contributed by atoms with Crippen molar-refractivity contribution in [1.29, 1.82) is 10.9 Å². The van der Waals surface area contributed by atoms with Gasteiger partial charge in [-0.2, -0.15) is 0 Å². The van der Waals surface area contributed by atoms with Gasteiger partial charge in [0.1, 0.15) is 0 Å². The van der Waals surface area contributed by atoms with E-state index in [0.29, 0.717) is 6.61 Å². The summed E-state index contributed by atoms with van der Waals surface area (Å²) < 4.78 is 4.78. The van der Waals surface area contributed by atoms with Crippen molar-refractivity contribution >= 4 is 17.6 Å². The molecule has 0 aromatic heterocycles. The molecule has 0 aliphatic carbocycles. The Kier molecular flexibility index (Phi) is 5.49. The minimum atomic E-state index is -0.586. The quantitative estimate of drug-likeness (QED) is 0.313. The van der Waals surface area contributed by atoms with E-state index in [1.807, 2.05) is 0 Å². The van der Waals surface area contributed by atoms with Crippen LogP contribution >= 0.6 is 0 Å². The van der Waals surface area contributed by atoms with Crippen LogP contribution in [0.2, 0.25) is 0 Å². The predicted molar refractivity (Wildman–Crippen MR) is 57.5 cm³/mol. The van der Waals surface area contributed by atoms with E-state index in [-0.39, 0.29) is 18.8 Å². The minimum absolute atomic E-state index is 0.00697. The molecule has 0 saturated heterocycles. The third-order valence-corrected chi connectivity index (χ3v) is 1.94. The Morgan fingerprint density at radius 1 is 1.31 bits per heavy atom. The van der Waals surface area contributed by atoms with Gasteiger partial charge < -0.3 is 4.74 Å². The molecule has 0 aromatic carbocycles. The second-order valence-electron chi connectivity index (χ2n) is 4.21. The lowest BCUT2D eigenvalue weighted by Gasteiger charge is -2.21. The summed E-state index contributed by atoms with van der Waals surface area (Å²) in [6.07, 6.45) is 0.116. The molecule has 0 rings (SSSR count). The number of ether oxygens (including phenoxy) is 1. The van der Waals surface area contributed by atoms with Crippen LogP contribution in [0.1, 0.15) is 33.6 Å². The van der Waals surface area contributed by atoms with Crippen molar-refractivity contribution in [2.75, 3.05) is 6.61 Å². The standard InChI is InChI=1S/C10H17N3O3/c1-4-16-8(15)6-10(2,3)5-7(14)9(11)13-12/h11-12H,4-6H2,1-3H3. The van der Waals surface area contributed by atoms with Gasteiger partial charge in [0.25, 0.3) is 0 Å². The van der Waals surface area contributed by atoms with Crippen molar-refractivity contribution in [3.8, 4) is 0 Å². The van der Waals surface area contributed by atoms with Crippen molar-refractivity contribution in [3.05, 3.63) is 0 Å². The Morgan fingerprint density at radius 3 is 2.31 bits per heavy atom. The second-order valence-corrected chi connectivity index (χ2v) is 4.21. The maximum absolute atomic E-state index is 11.3. The first-order valence-corrected chi connectivity index (χ1v) is 4.97. The molecular weight excluding hydrogens is 210 g/mol. The number of carbonyl (C=O) groups excluding carboxylic acids is 2. The zero-order chi connectivity index (χ0) is 12.8. The molecule has 0 atom stereocenters. The van der Waals surface area contributed by atoms with Crippen LogP contribution in [0.25, 0.3) is 0 Å². The molecule has 16 heavy (non-hydrogen) atoms. The highest BCUT2D eigenvalue weighted by molar-refractivity contribution is 6.37. The molecule has 0 amide bonds. The van der Waals surface area contributed by atoms with Crippen LogP contribution < -0.4 is 0 Å². The molecule has 0 aliphatic rings. The fourth-order valence-corrected chi connectivity index (χ4v) is 1.25. The maximum atomic E-state index is 11.3. The first kappa shape index (κ1) is 14.4. The molecule has 0 heterocycles. The Balaban J connectivity index is 4.34. The van der Waals surface area contributed by atoms with Gasteiger partial charge >= 0.3 is 5.97 Å². The summed E-state index contributed by atoms with van der Waals surface area (Å²) in [6.45, 7) is 5.49. The first-order valence-electron chi connectivity index (χ1n) is 4.97.